The molecule has 0 fully saturated rings. The highest BCUT2D eigenvalue weighted by Crippen LogP contribution is 2.17. The van der Waals surface area contributed by atoms with Gasteiger partial charge in [0.25, 0.3) is 0 Å². The van der Waals surface area contributed by atoms with E-state index in [1.165, 1.54) is 22.8 Å². The predicted molar refractivity (Wildman–Crippen MR) is 65.7 cm³/mol. The van der Waals surface area contributed by atoms with Crippen LogP contribution in [0.25, 0.3) is 11.1 Å². The Bertz CT molecular complexity index is 729. The first kappa shape index (κ1) is 12.8. The molecule has 0 saturated carbocycles. The van der Waals surface area contributed by atoms with Crippen LogP contribution in [0.2, 0.25) is 0 Å². The zero-order valence-electron chi connectivity index (χ0n) is 9.71. The first-order valence-corrected chi connectivity index (χ1v) is 6.73. The van der Waals surface area contributed by atoms with E-state index in [4.69, 9.17) is 10.2 Å². The lowest BCUT2D eigenvalue weighted by Crippen LogP contribution is -2.29. The molecule has 0 radical (unpaired) electrons. The van der Waals surface area contributed by atoms with E-state index in [9.17, 15) is 13.2 Å². The minimum atomic E-state index is -3.62. The maximum Gasteiger partial charge on any atom is 0.419 e. The number of nitrogens with zero attached hydrogens (tertiary/aromatic N) is 1. The number of oxazole rings is 1. The van der Waals surface area contributed by atoms with Crippen molar-refractivity contribution in [3.05, 3.63) is 28.7 Å². The summed E-state index contributed by atoms with van der Waals surface area (Å²) in [6, 6.07) is 4.25. The molecule has 0 amide bonds. The summed E-state index contributed by atoms with van der Waals surface area (Å²) in [5.74, 6) is -0.533. The summed E-state index contributed by atoms with van der Waals surface area (Å²) in [5, 5.41) is 0. The largest absolute Gasteiger partial charge is 0.419 e. The van der Waals surface area contributed by atoms with E-state index < -0.39 is 15.8 Å². The Kier molecular flexibility index (Phi) is 3.24. The second-order valence-electron chi connectivity index (χ2n) is 3.74. The van der Waals surface area contributed by atoms with Crippen LogP contribution in [0, 0.1) is 0 Å². The number of rotatable bonds is 4. The molecular weight excluding hydrogens is 258 g/mol. The fourth-order valence-electron chi connectivity index (χ4n) is 1.56. The summed E-state index contributed by atoms with van der Waals surface area (Å²) in [4.78, 5) is 11.3. The summed E-state index contributed by atoms with van der Waals surface area (Å²) in [6.07, 6.45) is 0. The predicted octanol–water partition coefficient (Wildman–Crippen LogP) is -0.631. The third kappa shape index (κ3) is 2.17. The maximum atomic E-state index is 11.8. The summed E-state index contributed by atoms with van der Waals surface area (Å²) >= 11 is 0. The lowest BCUT2D eigenvalue weighted by molar-refractivity contribution is 0.527. The Morgan fingerprint density at radius 1 is 1.44 bits per heavy atom. The zero-order chi connectivity index (χ0) is 13.3. The van der Waals surface area contributed by atoms with Crippen LogP contribution in [-0.2, 0) is 17.1 Å². The van der Waals surface area contributed by atoms with E-state index in [2.05, 4.69) is 4.72 Å². The summed E-state index contributed by atoms with van der Waals surface area (Å²) in [6.45, 7) is 0.362. The van der Waals surface area contributed by atoms with Gasteiger partial charge in [0, 0.05) is 26.2 Å². The number of hydrogen-bond acceptors (Lipinski definition) is 5. The average Bonchev–Trinajstić information content (AvgIpc) is 2.62. The van der Waals surface area contributed by atoms with Crippen molar-refractivity contribution >= 4 is 21.1 Å². The highest BCUT2D eigenvalue weighted by Gasteiger charge is 2.15. The van der Waals surface area contributed by atoms with Crippen molar-refractivity contribution in [2.24, 2.45) is 12.8 Å². The molecule has 1 aromatic heterocycles. The Labute approximate surface area is 103 Å². The van der Waals surface area contributed by atoms with Gasteiger partial charge in [-0.2, -0.15) is 0 Å². The second kappa shape index (κ2) is 4.56. The Balaban J connectivity index is 2.51. The van der Waals surface area contributed by atoms with E-state index >= 15 is 0 Å². The van der Waals surface area contributed by atoms with Crippen molar-refractivity contribution in [2.75, 3.05) is 13.1 Å². The number of aryl methyl sites for hydroxylation is 1. The van der Waals surface area contributed by atoms with Gasteiger partial charge in [0.1, 0.15) is 0 Å². The van der Waals surface area contributed by atoms with Crippen molar-refractivity contribution < 1.29 is 12.8 Å². The summed E-state index contributed by atoms with van der Waals surface area (Å²) in [7, 11) is -2.07. The average molecular weight is 271 g/mol. The van der Waals surface area contributed by atoms with Gasteiger partial charge in [-0.15, -0.1) is 0 Å². The minimum absolute atomic E-state index is 0.0396. The summed E-state index contributed by atoms with van der Waals surface area (Å²) in [5.41, 5.74) is 6.01. The molecule has 0 unspecified atom stereocenters. The number of aromatic nitrogens is 1. The number of sulfonamides is 1. The topological polar surface area (TPSA) is 107 Å². The van der Waals surface area contributed by atoms with Gasteiger partial charge >= 0.3 is 5.76 Å². The fraction of sp³-hybridized carbons (Fsp3) is 0.300. The van der Waals surface area contributed by atoms with Crippen LogP contribution in [0.3, 0.4) is 0 Å². The molecule has 0 atom stereocenters. The molecule has 0 bridgehead atoms. The molecule has 0 aliphatic heterocycles. The maximum absolute atomic E-state index is 11.8. The van der Waals surface area contributed by atoms with Crippen molar-refractivity contribution in [1.29, 1.82) is 0 Å². The molecule has 2 rings (SSSR count). The van der Waals surface area contributed by atoms with Gasteiger partial charge < -0.3 is 10.2 Å². The van der Waals surface area contributed by atoms with Gasteiger partial charge in [0.05, 0.1) is 10.4 Å². The van der Waals surface area contributed by atoms with Crippen molar-refractivity contribution in [3.8, 4) is 0 Å². The van der Waals surface area contributed by atoms with Crippen LogP contribution in [0.5, 0.6) is 0 Å². The number of fused-ring (bicyclic) bond motifs is 1. The number of benzene rings is 1. The highest BCUT2D eigenvalue weighted by atomic mass is 32.2. The smallest absolute Gasteiger partial charge is 0.408 e. The number of nitrogens with one attached hydrogen (secondary N) is 1. The van der Waals surface area contributed by atoms with E-state index in [-0.39, 0.29) is 23.6 Å². The van der Waals surface area contributed by atoms with Crippen molar-refractivity contribution in [3.63, 3.8) is 0 Å². The van der Waals surface area contributed by atoms with Gasteiger partial charge in [-0.3, -0.25) is 4.57 Å². The third-order valence-corrected chi connectivity index (χ3v) is 3.97. The standard InChI is InChI=1S/C10H13N3O4S/c1-13-8-3-2-7(6-9(8)17-10(13)14)18(15,16)12-5-4-11/h2-3,6,12H,4-5,11H2,1H3. The highest BCUT2D eigenvalue weighted by molar-refractivity contribution is 7.89. The van der Waals surface area contributed by atoms with Crippen LogP contribution in [0.4, 0.5) is 0 Å². The van der Waals surface area contributed by atoms with E-state index in [0.717, 1.165) is 0 Å². The third-order valence-electron chi connectivity index (χ3n) is 2.51. The van der Waals surface area contributed by atoms with E-state index in [1.807, 2.05) is 0 Å². The second-order valence-corrected chi connectivity index (χ2v) is 5.51. The van der Waals surface area contributed by atoms with Gasteiger partial charge in [0.2, 0.25) is 10.0 Å². The van der Waals surface area contributed by atoms with Gasteiger partial charge in [-0.25, -0.2) is 17.9 Å². The van der Waals surface area contributed by atoms with E-state index in [0.29, 0.717) is 5.52 Å². The zero-order valence-corrected chi connectivity index (χ0v) is 10.5. The van der Waals surface area contributed by atoms with E-state index in [1.54, 1.807) is 7.05 Å². The molecule has 7 nitrogen and oxygen atoms in total. The monoisotopic (exact) mass is 271 g/mol. The fourth-order valence-corrected chi connectivity index (χ4v) is 2.62. The molecule has 8 heteroatoms. The molecule has 98 valence electrons. The first-order chi connectivity index (χ1) is 8.45. The molecule has 0 spiro atoms. The van der Waals surface area contributed by atoms with Crippen LogP contribution in [0.15, 0.2) is 32.3 Å². The van der Waals surface area contributed by atoms with Crippen LogP contribution in [0.1, 0.15) is 0 Å². The molecule has 3 N–H and O–H groups in total. The minimum Gasteiger partial charge on any atom is -0.408 e. The van der Waals surface area contributed by atoms with Crippen LogP contribution >= 0.6 is 0 Å². The molecule has 18 heavy (non-hydrogen) atoms. The number of hydrogen-bond donors (Lipinski definition) is 2. The molecular formula is C10H13N3O4S. The first-order valence-electron chi connectivity index (χ1n) is 5.25. The lowest BCUT2D eigenvalue weighted by atomic mass is 10.3. The van der Waals surface area contributed by atoms with Gasteiger partial charge in [-0.05, 0) is 12.1 Å². The molecule has 0 saturated heterocycles. The normalized spacial score (nSPS) is 12.1. The van der Waals surface area contributed by atoms with Crippen LogP contribution in [-0.4, -0.2) is 26.1 Å². The quantitative estimate of drug-likeness (QED) is 0.769. The molecule has 2 aromatic rings. The SMILES string of the molecule is Cn1c(=O)oc2cc(S(=O)(=O)NCCN)ccc21. The number of nitrogens with two attached hydrogens (primary N) is 1. The Morgan fingerprint density at radius 3 is 2.83 bits per heavy atom. The molecule has 1 heterocycles. The molecule has 0 aliphatic rings. The lowest BCUT2D eigenvalue weighted by Gasteiger charge is -2.04. The van der Waals surface area contributed by atoms with Crippen molar-refractivity contribution in [1.82, 2.24) is 9.29 Å². The van der Waals surface area contributed by atoms with Crippen molar-refractivity contribution in [2.45, 2.75) is 4.90 Å². The van der Waals surface area contributed by atoms with Gasteiger partial charge in [0.15, 0.2) is 5.58 Å². The Morgan fingerprint density at radius 2 is 2.17 bits per heavy atom. The van der Waals surface area contributed by atoms with Gasteiger partial charge in [-0.1, -0.05) is 0 Å². The molecule has 0 aliphatic carbocycles. The van der Waals surface area contributed by atoms with Crippen LogP contribution < -0.4 is 16.2 Å². The summed E-state index contributed by atoms with van der Waals surface area (Å²) < 4.78 is 32.2. The Hall–Kier alpha value is -1.64. The molecule has 1 aromatic carbocycles.